The molecular formula is C24H29FN2O3S. The third-order valence-electron chi connectivity index (χ3n) is 6.80. The molecule has 4 rings (SSSR count). The molecule has 3 aliphatic rings. The largest absolute Gasteiger partial charge is 0.337 e. The molecular weight excluding hydrogens is 415 g/mol. The predicted molar refractivity (Wildman–Crippen MR) is 120 cm³/mol. The quantitative estimate of drug-likeness (QED) is 0.628. The number of thioether (sulfide) groups is 1. The lowest BCUT2D eigenvalue weighted by Crippen LogP contribution is -2.52. The van der Waals surface area contributed by atoms with E-state index in [0.29, 0.717) is 31.7 Å². The Morgan fingerprint density at radius 3 is 2.32 bits per heavy atom. The van der Waals surface area contributed by atoms with Crippen LogP contribution in [0.5, 0.6) is 0 Å². The molecule has 1 aromatic carbocycles. The number of carbonyl (C=O) groups is 3. The Morgan fingerprint density at radius 2 is 1.77 bits per heavy atom. The van der Waals surface area contributed by atoms with E-state index in [-0.39, 0.29) is 35.4 Å². The van der Waals surface area contributed by atoms with Gasteiger partial charge in [0.05, 0.1) is 11.8 Å². The Kier molecular flexibility index (Phi) is 6.80. The molecule has 7 heteroatoms. The van der Waals surface area contributed by atoms with Crippen LogP contribution >= 0.6 is 11.8 Å². The van der Waals surface area contributed by atoms with E-state index in [1.807, 2.05) is 12.3 Å². The van der Waals surface area contributed by atoms with Crippen LogP contribution in [-0.2, 0) is 14.4 Å². The fourth-order valence-corrected chi connectivity index (χ4v) is 5.55. The molecule has 1 aromatic rings. The molecule has 1 aliphatic carbocycles. The predicted octanol–water partition coefficient (Wildman–Crippen LogP) is 3.74. The topological polar surface area (TPSA) is 57.7 Å². The van der Waals surface area contributed by atoms with Gasteiger partial charge in [0.15, 0.2) is 0 Å². The highest BCUT2D eigenvalue weighted by molar-refractivity contribution is 7.98. The van der Waals surface area contributed by atoms with E-state index in [1.54, 1.807) is 28.8 Å². The van der Waals surface area contributed by atoms with Crippen LogP contribution in [0.25, 0.3) is 5.57 Å². The summed E-state index contributed by atoms with van der Waals surface area (Å²) in [6, 6.07) is 5.68. The van der Waals surface area contributed by atoms with E-state index in [2.05, 4.69) is 0 Å². The van der Waals surface area contributed by atoms with Gasteiger partial charge in [0.1, 0.15) is 11.9 Å². The van der Waals surface area contributed by atoms with Crippen molar-refractivity contribution in [2.24, 2.45) is 11.8 Å². The zero-order valence-electron chi connectivity index (χ0n) is 17.9. The molecule has 0 radical (unpaired) electrons. The molecule has 1 saturated carbocycles. The number of nitrogens with zero attached hydrogens (tertiary/aromatic N) is 2. The van der Waals surface area contributed by atoms with E-state index < -0.39 is 6.04 Å². The molecule has 1 saturated heterocycles. The van der Waals surface area contributed by atoms with Crippen molar-refractivity contribution in [2.75, 3.05) is 25.1 Å². The number of halogens is 1. The van der Waals surface area contributed by atoms with Crippen LogP contribution in [0.4, 0.5) is 4.39 Å². The lowest BCUT2D eigenvalue weighted by atomic mass is 9.81. The first-order valence-electron chi connectivity index (χ1n) is 11.1. The second-order valence-corrected chi connectivity index (χ2v) is 9.60. The fourth-order valence-electron chi connectivity index (χ4n) is 5.09. The highest BCUT2D eigenvalue weighted by Gasteiger charge is 2.52. The van der Waals surface area contributed by atoms with Gasteiger partial charge in [-0.2, -0.15) is 11.8 Å². The maximum atomic E-state index is 13.5. The van der Waals surface area contributed by atoms with Gasteiger partial charge < -0.3 is 4.90 Å². The van der Waals surface area contributed by atoms with Crippen LogP contribution in [0.3, 0.4) is 0 Å². The Bertz CT molecular complexity index is 861. The van der Waals surface area contributed by atoms with Crippen molar-refractivity contribution in [3.05, 3.63) is 41.7 Å². The minimum atomic E-state index is -0.709. The van der Waals surface area contributed by atoms with Crippen molar-refractivity contribution in [3.63, 3.8) is 0 Å². The van der Waals surface area contributed by atoms with Gasteiger partial charge in [-0.3, -0.25) is 19.3 Å². The number of imide groups is 1. The van der Waals surface area contributed by atoms with Gasteiger partial charge in [-0.15, -0.1) is 0 Å². The van der Waals surface area contributed by atoms with Crippen molar-refractivity contribution in [1.29, 1.82) is 0 Å². The van der Waals surface area contributed by atoms with Gasteiger partial charge in [0, 0.05) is 13.1 Å². The van der Waals surface area contributed by atoms with Crippen LogP contribution in [0.15, 0.2) is 30.3 Å². The molecule has 2 fully saturated rings. The molecule has 5 nitrogen and oxygen atoms in total. The number of rotatable bonds is 6. The number of hydrogen-bond acceptors (Lipinski definition) is 4. The lowest BCUT2D eigenvalue weighted by molar-refractivity contribution is -0.151. The van der Waals surface area contributed by atoms with Crippen LogP contribution in [0, 0.1) is 17.7 Å². The maximum absolute atomic E-state index is 13.5. The highest BCUT2D eigenvalue weighted by atomic mass is 32.2. The van der Waals surface area contributed by atoms with Crippen molar-refractivity contribution in [1.82, 2.24) is 9.80 Å². The molecule has 0 bridgehead atoms. The van der Waals surface area contributed by atoms with E-state index in [1.165, 1.54) is 17.0 Å². The molecule has 3 unspecified atom stereocenters. The third kappa shape index (κ3) is 4.43. The van der Waals surface area contributed by atoms with Crippen LogP contribution < -0.4 is 0 Å². The second-order valence-electron chi connectivity index (χ2n) is 8.61. The van der Waals surface area contributed by atoms with Crippen LogP contribution in [0.1, 0.15) is 44.1 Å². The number of amides is 3. The second kappa shape index (κ2) is 9.55. The molecule has 166 valence electrons. The number of likely N-dealkylation sites (tertiary alicyclic amines) is 1. The molecule has 3 amide bonds. The zero-order valence-corrected chi connectivity index (χ0v) is 18.7. The molecule has 2 heterocycles. The SMILES string of the molecule is CSCCC(C(=O)N1CC=C(c2ccc(F)cc2)CC1)N1C(=O)C2CCCCC2C1=O. The smallest absolute Gasteiger partial charge is 0.246 e. The lowest BCUT2D eigenvalue weighted by Gasteiger charge is -2.33. The minimum absolute atomic E-state index is 0.135. The summed E-state index contributed by atoms with van der Waals surface area (Å²) in [5.41, 5.74) is 2.05. The first-order chi connectivity index (χ1) is 15.0. The van der Waals surface area contributed by atoms with Gasteiger partial charge in [-0.1, -0.05) is 31.1 Å². The average Bonchev–Trinajstić information content (AvgIpc) is 3.05. The van der Waals surface area contributed by atoms with Crippen LogP contribution in [0.2, 0.25) is 0 Å². The molecule has 2 aliphatic heterocycles. The Hall–Kier alpha value is -2.15. The van der Waals surface area contributed by atoms with Gasteiger partial charge in [-0.25, -0.2) is 4.39 Å². The normalized spacial score (nSPS) is 24.8. The summed E-state index contributed by atoms with van der Waals surface area (Å²) in [5.74, 6) is -0.456. The first-order valence-corrected chi connectivity index (χ1v) is 12.5. The van der Waals surface area contributed by atoms with Crippen molar-refractivity contribution < 1.29 is 18.8 Å². The van der Waals surface area contributed by atoms with E-state index in [4.69, 9.17) is 0 Å². The Balaban J connectivity index is 1.50. The van der Waals surface area contributed by atoms with Crippen molar-refractivity contribution >= 4 is 35.1 Å². The monoisotopic (exact) mass is 444 g/mol. The standard InChI is InChI=1S/C24H29FN2O3S/c1-31-15-12-21(27-22(28)19-4-2-3-5-20(19)23(27)29)24(30)26-13-10-17(11-14-26)16-6-8-18(25)9-7-16/h6-10,19-21H,2-5,11-15H2,1H3. The van der Waals surface area contributed by atoms with E-state index in [0.717, 1.165) is 36.8 Å². The average molecular weight is 445 g/mol. The number of carbonyl (C=O) groups excluding carboxylic acids is 3. The zero-order chi connectivity index (χ0) is 22.0. The number of fused-ring (bicyclic) bond motifs is 1. The number of hydrogen-bond donors (Lipinski definition) is 0. The minimum Gasteiger partial charge on any atom is -0.337 e. The molecule has 0 aromatic heterocycles. The van der Waals surface area contributed by atoms with Crippen molar-refractivity contribution in [3.8, 4) is 0 Å². The molecule has 3 atom stereocenters. The summed E-state index contributed by atoms with van der Waals surface area (Å²) in [5, 5.41) is 0. The summed E-state index contributed by atoms with van der Waals surface area (Å²) in [6.45, 7) is 0.964. The van der Waals surface area contributed by atoms with Gasteiger partial charge >= 0.3 is 0 Å². The summed E-state index contributed by atoms with van der Waals surface area (Å²) >= 11 is 1.62. The highest BCUT2D eigenvalue weighted by Crippen LogP contribution is 2.39. The maximum Gasteiger partial charge on any atom is 0.246 e. The van der Waals surface area contributed by atoms with Gasteiger partial charge in [0.2, 0.25) is 17.7 Å². The molecule has 0 spiro atoms. The van der Waals surface area contributed by atoms with Crippen LogP contribution in [-0.4, -0.2) is 58.7 Å². The summed E-state index contributed by atoms with van der Waals surface area (Å²) in [4.78, 5) is 42.7. The molecule has 31 heavy (non-hydrogen) atoms. The third-order valence-corrected chi connectivity index (χ3v) is 7.45. The molecule has 0 N–H and O–H groups in total. The van der Waals surface area contributed by atoms with Crippen molar-refractivity contribution in [2.45, 2.75) is 44.6 Å². The first kappa shape index (κ1) is 22.1. The van der Waals surface area contributed by atoms with E-state index in [9.17, 15) is 18.8 Å². The fraction of sp³-hybridized carbons (Fsp3) is 0.542. The van der Waals surface area contributed by atoms with E-state index >= 15 is 0 Å². The summed E-state index contributed by atoms with van der Waals surface area (Å²) in [6.07, 6.45) is 8.56. The Labute approximate surface area is 187 Å². The van der Waals surface area contributed by atoms with Gasteiger partial charge in [0.25, 0.3) is 0 Å². The summed E-state index contributed by atoms with van der Waals surface area (Å²) < 4.78 is 13.2. The summed E-state index contributed by atoms with van der Waals surface area (Å²) in [7, 11) is 0. The van der Waals surface area contributed by atoms with Gasteiger partial charge in [-0.05, 0) is 61.0 Å². The Morgan fingerprint density at radius 1 is 1.13 bits per heavy atom. The number of benzene rings is 1.